The monoisotopic (exact) mass is 1220 g/mol. The lowest BCUT2D eigenvalue weighted by molar-refractivity contribution is -0.870. The van der Waals surface area contributed by atoms with Gasteiger partial charge in [0.1, 0.15) is 13.2 Å². The summed E-state index contributed by atoms with van der Waals surface area (Å²) in [6.45, 7) is 4.58. The Morgan fingerprint density at radius 2 is 0.709 bits per heavy atom. The van der Waals surface area contributed by atoms with Crippen LogP contribution in [-0.4, -0.2) is 68.5 Å². The van der Waals surface area contributed by atoms with Crippen LogP contribution in [-0.2, 0) is 18.4 Å². The van der Waals surface area contributed by atoms with E-state index in [1.54, 1.807) is 6.08 Å². The van der Waals surface area contributed by atoms with Gasteiger partial charge in [-0.15, -0.1) is 0 Å². The Labute approximate surface area is 535 Å². The van der Waals surface area contributed by atoms with Crippen molar-refractivity contribution in [2.45, 2.75) is 360 Å². The van der Waals surface area contributed by atoms with Crippen LogP contribution in [0.3, 0.4) is 0 Å². The summed E-state index contributed by atoms with van der Waals surface area (Å²) < 4.78 is 23.5. The van der Waals surface area contributed by atoms with Crippen molar-refractivity contribution in [3.8, 4) is 0 Å². The number of carbonyl (C=O) groups is 1. The number of quaternary nitrogens is 1. The second kappa shape index (κ2) is 67.1. The Morgan fingerprint density at radius 3 is 1.03 bits per heavy atom. The molecule has 0 fully saturated rings. The van der Waals surface area contributed by atoms with Gasteiger partial charge in [0, 0.05) is 6.42 Å². The van der Waals surface area contributed by atoms with Gasteiger partial charge in [-0.3, -0.25) is 9.36 Å². The number of aliphatic hydroxyl groups excluding tert-OH is 1. The molecule has 0 radical (unpaired) electrons. The van der Waals surface area contributed by atoms with E-state index in [2.05, 4.69) is 92.1 Å². The number of nitrogens with one attached hydrogen (secondary N) is 1. The Balaban J connectivity index is 4.05. The Morgan fingerprint density at radius 1 is 0.419 bits per heavy atom. The Kier molecular flexibility index (Phi) is 65.3. The summed E-state index contributed by atoms with van der Waals surface area (Å²) in [5.41, 5.74) is 0. The third-order valence-corrected chi connectivity index (χ3v) is 17.6. The molecule has 0 aromatic rings. The zero-order chi connectivity index (χ0) is 62.6. The first kappa shape index (κ1) is 83.7. The van der Waals surface area contributed by atoms with E-state index in [0.717, 1.165) is 77.0 Å². The summed E-state index contributed by atoms with van der Waals surface area (Å²) in [5.74, 6) is -0.196. The number of unbranched alkanes of at least 4 members (excludes halogenated alkanes) is 43. The number of carbonyl (C=O) groups excluding carboxylic acids is 1. The van der Waals surface area contributed by atoms with Gasteiger partial charge in [-0.25, -0.2) is 0 Å². The maximum absolute atomic E-state index is 13.1. The molecular weight excluding hydrogens is 1080 g/mol. The molecule has 1 amide bonds. The molecule has 0 aliphatic rings. The zero-order valence-corrected chi connectivity index (χ0v) is 58.4. The van der Waals surface area contributed by atoms with E-state index in [-0.39, 0.29) is 19.1 Å². The van der Waals surface area contributed by atoms with Crippen LogP contribution in [0, 0.1) is 0 Å². The van der Waals surface area contributed by atoms with Gasteiger partial charge in [-0.05, 0) is 70.6 Å². The van der Waals surface area contributed by atoms with Crippen molar-refractivity contribution in [1.29, 1.82) is 0 Å². The van der Waals surface area contributed by atoms with Crippen molar-refractivity contribution in [2.75, 3.05) is 40.9 Å². The number of nitrogens with zero attached hydrogens (tertiary/aromatic N) is 1. The molecule has 0 heterocycles. The molecule has 0 bridgehead atoms. The highest BCUT2D eigenvalue weighted by Crippen LogP contribution is 2.38. The van der Waals surface area contributed by atoms with Gasteiger partial charge >= 0.3 is 0 Å². The number of phosphoric acid groups is 1. The molecule has 8 nitrogen and oxygen atoms in total. The fraction of sp³-hybridized carbons (Fsp3) is 0.805. The molecule has 2 N–H and O–H groups in total. The quantitative estimate of drug-likeness (QED) is 0.0272. The number of amides is 1. The summed E-state index contributed by atoms with van der Waals surface area (Å²) in [6.07, 6.45) is 95.7. The van der Waals surface area contributed by atoms with Crippen molar-refractivity contribution in [1.82, 2.24) is 5.32 Å². The van der Waals surface area contributed by atoms with Crippen LogP contribution in [0.2, 0.25) is 0 Å². The molecule has 3 unspecified atom stereocenters. The molecule has 0 aliphatic carbocycles. The van der Waals surface area contributed by atoms with Gasteiger partial charge < -0.3 is 28.8 Å². The molecule has 0 aromatic carbocycles. The Hall–Kier alpha value is -2.32. The van der Waals surface area contributed by atoms with Gasteiger partial charge in [0.25, 0.3) is 7.82 Å². The van der Waals surface area contributed by atoms with Crippen LogP contribution in [0.4, 0.5) is 0 Å². The minimum absolute atomic E-state index is 0.00280. The van der Waals surface area contributed by atoms with Gasteiger partial charge in [0.2, 0.25) is 5.91 Å². The fourth-order valence-electron chi connectivity index (χ4n) is 10.9. The van der Waals surface area contributed by atoms with Crippen molar-refractivity contribution >= 4 is 13.7 Å². The lowest BCUT2D eigenvalue weighted by Crippen LogP contribution is -2.45. The van der Waals surface area contributed by atoms with Gasteiger partial charge in [0.05, 0.1) is 39.9 Å². The highest BCUT2D eigenvalue weighted by atomic mass is 31.2. The maximum atomic E-state index is 13.1. The third-order valence-electron chi connectivity index (χ3n) is 16.6. The smallest absolute Gasteiger partial charge is 0.268 e. The average Bonchev–Trinajstić information content (AvgIpc) is 3.70. The molecule has 86 heavy (non-hydrogen) atoms. The largest absolute Gasteiger partial charge is 0.756 e. The summed E-state index contributed by atoms with van der Waals surface area (Å²) in [7, 11) is 1.27. The minimum Gasteiger partial charge on any atom is -0.756 e. The minimum atomic E-state index is -4.61. The third kappa shape index (κ3) is 69.2. The van der Waals surface area contributed by atoms with Crippen molar-refractivity contribution in [3.05, 3.63) is 85.1 Å². The van der Waals surface area contributed by atoms with E-state index in [1.165, 1.54) is 250 Å². The molecule has 0 saturated heterocycles. The maximum Gasteiger partial charge on any atom is 0.268 e. The first-order chi connectivity index (χ1) is 42.0. The average molecular weight is 1220 g/mol. The summed E-state index contributed by atoms with van der Waals surface area (Å²) in [4.78, 5) is 25.7. The molecular formula is C77H143N2O6P. The number of allylic oxidation sites excluding steroid dienone is 13. The molecule has 502 valence electrons. The second-order valence-corrected chi connectivity index (χ2v) is 27.7. The molecule has 3 atom stereocenters. The van der Waals surface area contributed by atoms with Crippen LogP contribution >= 0.6 is 7.82 Å². The molecule has 0 spiro atoms. The van der Waals surface area contributed by atoms with E-state index in [4.69, 9.17) is 9.05 Å². The Bertz CT molecular complexity index is 1680. The molecule has 0 rings (SSSR count). The van der Waals surface area contributed by atoms with Gasteiger partial charge in [-0.2, -0.15) is 0 Å². The fourth-order valence-corrected chi connectivity index (χ4v) is 11.6. The van der Waals surface area contributed by atoms with E-state index in [0.29, 0.717) is 17.4 Å². The first-order valence-corrected chi connectivity index (χ1v) is 38.4. The highest BCUT2D eigenvalue weighted by Gasteiger charge is 2.23. The number of likely N-dealkylation sites (N-methyl/N-ethyl adjacent to an activating group) is 1. The number of rotatable bonds is 68. The van der Waals surface area contributed by atoms with E-state index >= 15 is 0 Å². The second-order valence-electron chi connectivity index (χ2n) is 26.3. The molecule has 0 aliphatic heterocycles. The summed E-state index contributed by atoms with van der Waals surface area (Å²) >= 11 is 0. The van der Waals surface area contributed by atoms with Crippen molar-refractivity contribution in [3.63, 3.8) is 0 Å². The predicted molar refractivity (Wildman–Crippen MR) is 376 cm³/mol. The van der Waals surface area contributed by atoms with E-state index < -0.39 is 20.0 Å². The van der Waals surface area contributed by atoms with Crippen LogP contribution in [0.1, 0.15) is 348 Å². The lowest BCUT2D eigenvalue weighted by Gasteiger charge is -2.29. The highest BCUT2D eigenvalue weighted by molar-refractivity contribution is 7.45. The number of hydrogen-bond donors (Lipinski definition) is 2. The van der Waals surface area contributed by atoms with Crippen LogP contribution < -0.4 is 10.2 Å². The van der Waals surface area contributed by atoms with E-state index in [1.807, 2.05) is 27.2 Å². The van der Waals surface area contributed by atoms with Crippen molar-refractivity contribution in [2.24, 2.45) is 0 Å². The normalized spacial score (nSPS) is 14.1. The summed E-state index contributed by atoms with van der Waals surface area (Å²) in [5, 5.41) is 14.0. The number of phosphoric ester groups is 1. The predicted octanol–water partition coefficient (Wildman–Crippen LogP) is 23.3. The van der Waals surface area contributed by atoms with Crippen LogP contribution in [0.15, 0.2) is 85.1 Å². The first-order valence-electron chi connectivity index (χ1n) is 36.9. The zero-order valence-electron chi connectivity index (χ0n) is 57.5. The van der Waals surface area contributed by atoms with Gasteiger partial charge in [0.15, 0.2) is 0 Å². The van der Waals surface area contributed by atoms with Crippen LogP contribution in [0.5, 0.6) is 0 Å². The SMILES string of the molecule is CC/C=C\C/C=C\C/C=C\C/C=C\C/C=C\C/C=C\CCCCCCCCCCCCCCCCC(=O)NC(COP(=O)([O-])OCC[N+](C)(C)C)C(O)/C=C/CCCCCCCCCCCCCCCCCCCCCCCCCCCCCCC. The number of aliphatic hydroxyl groups is 1. The van der Waals surface area contributed by atoms with Crippen LogP contribution in [0.25, 0.3) is 0 Å². The molecule has 0 aromatic heterocycles. The number of hydrogen-bond acceptors (Lipinski definition) is 6. The van der Waals surface area contributed by atoms with Gasteiger partial charge in [-0.1, -0.05) is 356 Å². The molecule has 0 saturated carbocycles. The standard InChI is InChI=1S/C77H143N2O6P/c1-6-8-10-12-14-16-18-20-22-24-26-28-30-32-34-36-38-39-41-43-45-47-49-51-53-55-57-59-61-63-65-67-69-71-77(81)78-75(74-85-86(82,83)84-73-72-79(3,4)5)76(80)70-68-66-64-62-60-58-56-54-52-50-48-46-44-42-40-37-35-33-31-29-27-25-23-21-19-17-15-13-11-9-7-2/h8,10,14,16,20,22,26,28,32,34,38-39,68,70,75-76,80H,6-7,9,11-13,15,17-19,21,23-25,27,29-31,33,35-37,40-67,69,71-74H2,1-5H3,(H-,78,81,82,83)/b10-8-,16-14-,22-20-,28-26-,34-32-,39-38-,70-68+. The molecule has 9 heteroatoms. The topological polar surface area (TPSA) is 108 Å². The van der Waals surface area contributed by atoms with E-state index in [9.17, 15) is 19.4 Å². The lowest BCUT2D eigenvalue weighted by atomic mass is 10.0. The van der Waals surface area contributed by atoms with Crippen molar-refractivity contribution < 1.29 is 32.9 Å². The summed E-state index contributed by atoms with van der Waals surface area (Å²) in [6, 6.07) is -0.893.